The number of anilines is 1. The topological polar surface area (TPSA) is 114 Å². The molecular formula is C21H23N5O4S. The van der Waals surface area contributed by atoms with E-state index in [0.717, 1.165) is 63.8 Å². The number of thiazole rings is 1. The van der Waals surface area contributed by atoms with E-state index in [-0.39, 0.29) is 0 Å². The van der Waals surface area contributed by atoms with Crippen LogP contribution in [0.15, 0.2) is 24.3 Å². The first-order valence-electron chi connectivity index (χ1n) is 9.94. The Morgan fingerprint density at radius 3 is 2.84 bits per heavy atom. The van der Waals surface area contributed by atoms with Gasteiger partial charge in [-0.2, -0.15) is 0 Å². The number of methoxy groups -OCH3 is 1. The summed E-state index contributed by atoms with van der Waals surface area (Å²) in [7, 11) is 1.31. The van der Waals surface area contributed by atoms with E-state index in [1.54, 1.807) is 0 Å². The number of fused-ring (bicyclic) bond motifs is 1. The maximum Gasteiger partial charge on any atom is 0.292 e. The van der Waals surface area contributed by atoms with Gasteiger partial charge >= 0.3 is 0 Å². The number of pyridine rings is 1. The third kappa shape index (κ3) is 4.24. The first-order chi connectivity index (χ1) is 15.1. The number of nitrogens with two attached hydrogens (primary N) is 1. The molecule has 0 fully saturated rings. The first-order valence-corrected chi connectivity index (χ1v) is 10.8. The minimum atomic E-state index is 0.375. The zero-order chi connectivity index (χ0) is 21.8. The zero-order valence-corrected chi connectivity index (χ0v) is 18.1. The van der Waals surface area contributed by atoms with Crippen LogP contribution in [0, 0.1) is 0 Å². The molecule has 31 heavy (non-hydrogen) atoms. The molecule has 0 saturated carbocycles. The van der Waals surface area contributed by atoms with E-state index in [4.69, 9.17) is 30.0 Å². The van der Waals surface area contributed by atoms with Gasteiger partial charge in [0.2, 0.25) is 0 Å². The Morgan fingerprint density at radius 2 is 2.06 bits per heavy atom. The molecule has 10 heteroatoms. The van der Waals surface area contributed by atoms with Gasteiger partial charge < -0.3 is 24.5 Å². The molecule has 0 saturated heterocycles. The Bertz CT molecular complexity index is 1220. The molecule has 162 valence electrons. The molecule has 0 radical (unpaired) electrons. The number of rotatable bonds is 4. The Hall–Kier alpha value is -3.40. The lowest BCUT2D eigenvalue weighted by atomic mass is 10.2. The van der Waals surface area contributed by atoms with Crippen LogP contribution in [0.5, 0.6) is 11.5 Å². The molecule has 0 spiro atoms. The number of carbonyl (C=O) groups excluding carboxylic acids is 1. The highest BCUT2D eigenvalue weighted by Gasteiger charge is 2.21. The molecule has 1 aliphatic rings. The molecule has 0 aliphatic carbocycles. The molecule has 0 bridgehead atoms. The van der Waals surface area contributed by atoms with Crippen LogP contribution in [0.2, 0.25) is 0 Å². The predicted molar refractivity (Wildman–Crippen MR) is 120 cm³/mol. The van der Waals surface area contributed by atoms with Gasteiger partial charge in [0.15, 0.2) is 11.0 Å². The summed E-state index contributed by atoms with van der Waals surface area (Å²) in [5, 5.41) is 0.523. The standard InChI is InChI=1S/C19H19N5O2S.C2H4O2/c1-2-25-11-9-14-16-15(10-11)26-8-4-3-7-24(16)17(21-14)12-5-6-13-18(22-12)27-19(20)23-13;1-4-2-3/h5-6,9-10H,2-4,7-8H2,1H3,(H2,20,23);2H,1H3. The van der Waals surface area contributed by atoms with E-state index < -0.39 is 0 Å². The van der Waals surface area contributed by atoms with Crippen molar-refractivity contribution >= 4 is 44.3 Å². The Kier molecular flexibility index (Phi) is 6.17. The van der Waals surface area contributed by atoms with E-state index >= 15 is 0 Å². The van der Waals surface area contributed by atoms with Gasteiger partial charge in [0, 0.05) is 18.7 Å². The van der Waals surface area contributed by atoms with Crippen molar-refractivity contribution in [2.75, 3.05) is 26.1 Å². The van der Waals surface area contributed by atoms with Crippen LogP contribution in [0.3, 0.4) is 0 Å². The number of nitrogen functional groups attached to an aromatic ring is 1. The molecule has 4 aromatic rings. The van der Waals surface area contributed by atoms with Crippen molar-refractivity contribution in [3.05, 3.63) is 24.3 Å². The van der Waals surface area contributed by atoms with Gasteiger partial charge in [-0.25, -0.2) is 15.0 Å². The SMILES string of the molecule is CCOc1cc2c3c(c1)nc(-c1ccc4nc(N)sc4n1)n3CCCCO2.COC=O. The van der Waals surface area contributed by atoms with Crippen LogP contribution >= 0.6 is 11.3 Å². The number of hydrogen-bond donors (Lipinski definition) is 1. The minimum Gasteiger partial charge on any atom is -0.494 e. The second-order valence-corrected chi connectivity index (χ2v) is 7.78. The summed E-state index contributed by atoms with van der Waals surface area (Å²) in [6.07, 6.45) is 2.02. The number of carbonyl (C=O) groups is 1. The quantitative estimate of drug-likeness (QED) is 0.477. The van der Waals surface area contributed by atoms with Gasteiger partial charge in [0.1, 0.15) is 33.1 Å². The molecule has 0 unspecified atom stereocenters. The number of imidazole rings is 1. The van der Waals surface area contributed by atoms with Crippen LogP contribution in [0.4, 0.5) is 5.13 Å². The van der Waals surface area contributed by atoms with E-state index in [0.29, 0.717) is 24.8 Å². The largest absolute Gasteiger partial charge is 0.494 e. The van der Waals surface area contributed by atoms with Crippen LogP contribution in [0.1, 0.15) is 19.8 Å². The average molecular weight is 442 g/mol. The molecule has 5 rings (SSSR count). The summed E-state index contributed by atoms with van der Waals surface area (Å²) < 4.78 is 17.8. The average Bonchev–Trinajstić information content (AvgIpc) is 3.30. The van der Waals surface area contributed by atoms with Crippen LogP contribution in [0.25, 0.3) is 32.9 Å². The Labute approximate surface area is 182 Å². The minimum absolute atomic E-state index is 0.375. The molecule has 1 aliphatic heterocycles. The third-order valence-corrected chi connectivity index (χ3v) is 5.52. The maximum absolute atomic E-state index is 8.95. The lowest BCUT2D eigenvalue weighted by Gasteiger charge is -2.16. The molecule has 0 atom stereocenters. The van der Waals surface area contributed by atoms with Crippen LogP contribution in [-0.4, -0.2) is 46.3 Å². The van der Waals surface area contributed by atoms with Crippen LogP contribution < -0.4 is 15.2 Å². The fourth-order valence-corrected chi connectivity index (χ4v) is 4.20. The van der Waals surface area contributed by atoms with Gasteiger partial charge in [0.05, 0.1) is 25.8 Å². The number of ether oxygens (including phenoxy) is 3. The highest BCUT2D eigenvalue weighted by atomic mass is 32.1. The smallest absolute Gasteiger partial charge is 0.292 e. The van der Waals surface area contributed by atoms with Crippen molar-refractivity contribution in [2.45, 2.75) is 26.3 Å². The summed E-state index contributed by atoms with van der Waals surface area (Å²) in [6.45, 7) is 4.53. The lowest BCUT2D eigenvalue weighted by Crippen LogP contribution is -2.09. The lowest BCUT2D eigenvalue weighted by molar-refractivity contribution is -0.126. The zero-order valence-electron chi connectivity index (χ0n) is 17.3. The highest BCUT2D eigenvalue weighted by molar-refractivity contribution is 7.21. The van der Waals surface area contributed by atoms with Gasteiger partial charge in [0.25, 0.3) is 6.47 Å². The fraction of sp³-hybridized carbons (Fsp3) is 0.333. The number of nitrogens with zero attached hydrogens (tertiary/aromatic N) is 4. The van der Waals surface area contributed by atoms with Crippen molar-refractivity contribution in [3.63, 3.8) is 0 Å². The second-order valence-electron chi connectivity index (χ2n) is 6.77. The van der Waals surface area contributed by atoms with E-state index in [9.17, 15) is 0 Å². The fourth-order valence-electron chi connectivity index (χ4n) is 3.49. The number of hydrogen-bond acceptors (Lipinski definition) is 9. The predicted octanol–water partition coefficient (Wildman–Crippen LogP) is 3.65. The van der Waals surface area contributed by atoms with Gasteiger partial charge in [-0.3, -0.25) is 4.79 Å². The molecule has 3 aromatic heterocycles. The summed E-state index contributed by atoms with van der Waals surface area (Å²) in [5.41, 5.74) is 9.31. The van der Waals surface area contributed by atoms with Gasteiger partial charge in [-0.05, 0) is 31.9 Å². The maximum atomic E-state index is 8.95. The van der Waals surface area contributed by atoms with Crippen molar-refractivity contribution in [2.24, 2.45) is 0 Å². The summed E-state index contributed by atoms with van der Waals surface area (Å²) in [4.78, 5) is 23.7. The Morgan fingerprint density at radius 1 is 1.23 bits per heavy atom. The van der Waals surface area contributed by atoms with Crippen molar-refractivity contribution in [3.8, 4) is 23.0 Å². The summed E-state index contributed by atoms with van der Waals surface area (Å²) in [6, 6.07) is 7.83. The van der Waals surface area contributed by atoms with Gasteiger partial charge in [-0.1, -0.05) is 11.3 Å². The molecule has 9 nitrogen and oxygen atoms in total. The molecule has 0 amide bonds. The number of aromatic nitrogens is 4. The molecule has 4 heterocycles. The third-order valence-electron chi connectivity index (χ3n) is 4.72. The number of aryl methyl sites for hydroxylation is 1. The van der Waals surface area contributed by atoms with Crippen molar-refractivity contribution in [1.82, 2.24) is 19.5 Å². The normalized spacial score (nSPS) is 13.0. The summed E-state index contributed by atoms with van der Waals surface area (Å²) in [5.74, 6) is 2.42. The molecule has 1 aromatic carbocycles. The van der Waals surface area contributed by atoms with Gasteiger partial charge in [-0.15, -0.1) is 0 Å². The summed E-state index contributed by atoms with van der Waals surface area (Å²) >= 11 is 1.39. The molecule has 2 N–H and O–H groups in total. The Balaban J connectivity index is 0.000000535. The van der Waals surface area contributed by atoms with Crippen molar-refractivity contribution < 1.29 is 19.0 Å². The van der Waals surface area contributed by atoms with E-state index in [1.807, 2.05) is 31.2 Å². The highest BCUT2D eigenvalue weighted by Crippen LogP contribution is 2.36. The van der Waals surface area contributed by atoms with Crippen LogP contribution in [-0.2, 0) is 16.1 Å². The first kappa shape index (κ1) is 20.9. The number of benzene rings is 1. The second kappa shape index (κ2) is 9.17. The molecular weight excluding hydrogens is 418 g/mol. The van der Waals surface area contributed by atoms with E-state index in [1.165, 1.54) is 18.4 Å². The monoisotopic (exact) mass is 441 g/mol. The van der Waals surface area contributed by atoms with E-state index in [2.05, 4.69) is 14.3 Å². The van der Waals surface area contributed by atoms with Crippen molar-refractivity contribution in [1.29, 1.82) is 0 Å².